The molecular formula is C13H24N2O6. The lowest BCUT2D eigenvalue weighted by Gasteiger charge is -2.20. The highest BCUT2D eigenvalue weighted by Gasteiger charge is 2.25. The maximum absolute atomic E-state index is 11.7. The van der Waals surface area contributed by atoms with Crippen molar-refractivity contribution in [2.24, 2.45) is 5.92 Å². The first-order chi connectivity index (χ1) is 9.81. The number of hydrogen-bond donors (Lipinski definition) is 2. The van der Waals surface area contributed by atoms with Crippen LogP contribution in [0.4, 0.5) is 0 Å². The maximum atomic E-state index is 11.7. The molecule has 8 heteroatoms. The zero-order valence-electron chi connectivity index (χ0n) is 12.7. The van der Waals surface area contributed by atoms with Crippen LogP contribution in [0, 0.1) is 16.0 Å². The quantitative estimate of drug-likeness (QED) is 0.443. The Bertz CT molecular complexity index is 361. The molecule has 0 aliphatic rings. The van der Waals surface area contributed by atoms with Crippen molar-refractivity contribution in [2.75, 3.05) is 0 Å². The summed E-state index contributed by atoms with van der Waals surface area (Å²) in [5, 5.41) is 20.9. The fourth-order valence-corrected chi connectivity index (χ4v) is 1.87. The molecule has 0 rings (SSSR count). The van der Waals surface area contributed by atoms with E-state index in [4.69, 9.17) is 5.11 Å². The van der Waals surface area contributed by atoms with Gasteiger partial charge in [0.15, 0.2) is 0 Å². The smallest absolute Gasteiger partial charge is 0.326 e. The molecule has 3 unspecified atom stereocenters. The Morgan fingerprint density at radius 3 is 2.38 bits per heavy atom. The summed E-state index contributed by atoms with van der Waals surface area (Å²) in [4.78, 5) is 37.5. The molecule has 0 aromatic rings. The number of aliphatic carboxylic acids is 1. The van der Waals surface area contributed by atoms with Gasteiger partial charge in [-0.3, -0.25) is 4.79 Å². The van der Waals surface area contributed by atoms with Crippen LogP contribution in [0.1, 0.15) is 52.9 Å². The van der Waals surface area contributed by atoms with Crippen molar-refractivity contribution in [3.8, 4) is 0 Å². The molecule has 0 aliphatic carbocycles. The second-order valence-corrected chi connectivity index (χ2v) is 5.02. The molecule has 8 nitrogen and oxygen atoms in total. The molecule has 21 heavy (non-hydrogen) atoms. The van der Waals surface area contributed by atoms with Crippen LogP contribution < -0.4 is 5.32 Å². The SMILES string of the molecule is CCC(CCCC(=O)NC(C(=O)O)C(C)CC)O[N+](=O)[O-]. The van der Waals surface area contributed by atoms with Crippen LogP contribution in [0.15, 0.2) is 0 Å². The van der Waals surface area contributed by atoms with E-state index in [1.807, 2.05) is 6.92 Å². The fraction of sp³-hybridized carbons (Fsp3) is 0.846. The average molecular weight is 304 g/mol. The lowest BCUT2D eigenvalue weighted by atomic mass is 9.99. The van der Waals surface area contributed by atoms with Gasteiger partial charge >= 0.3 is 5.97 Å². The number of nitrogens with one attached hydrogen (secondary N) is 1. The molecule has 0 bridgehead atoms. The van der Waals surface area contributed by atoms with Crippen LogP contribution in [0.2, 0.25) is 0 Å². The van der Waals surface area contributed by atoms with Crippen molar-refractivity contribution in [2.45, 2.75) is 65.0 Å². The van der Waals surface area contributed by atoms with E-state index in [0.29, 0.717) is 25.7 Å². The van der Waals surface area contributed by atoms with Crippen molar-refractivity contribution >= 4 is 11.9 Å². The van der Waals surface area contributed by atoms with Crippen LogP contribution in [0.5, 0.6) is 0 Å². The van der Waals surface area contributed by atoms with Crippen LogP contribution in [0.3, 0.4) is 0 Å². The van der Waals surface area contributed by atoms with E-state index in [1.165, 1.54) is 0 Å². The van der Waals surface area contributed by atoms with E-state index in [2.05, 4.69) is 10.2 Å². The summed E-state index contributed by atoms with van der Waals surface area (Å²) in [5.41, 5.74) is 0. The first kappa shape index (κ1) is 19.1. The summed E-state index contributed by atoms with van der Waals surface area (Å²) in [7, 11) is 0. The number of nitrogens with zero attached hydrogens (tertiary/aromatic N) is 1. The van der Waals surface area contributed by atoms with Crippen LogP contribution in [-0.4, -0.2) is 34.2 Å². The van der Waals surface area contributed by atoms with Crippen molar-refractivity contribution in [3.63, 3.8) is 0 Å². The number of carboxylic acid groups (broad SMARTS) is 1. The molecule has 2 N–H and O–H groups in total. The van der Waals surface area contributed by atoms with Crippen molar-refractivity contribution < 1.29 is 24.6 Å². The fourth-order valence-electron chi connectivity index (χ4n) is 1.87. The standard InChI is InChI=1S/C13H24N2O6/c1-4-9(3)12(13(17)18)14-11(16)8-6-7-10(5-2)21-15(19)20/h9-10,12H,4-8H2,1-3H3,(H,14,16)(H,17,18). The lowest BCUT2D eigenvalue weighted by Crippen LogP contribution is -2.44. The molecule has 3 atom stereocenters. The summed E-state index contributed by atoms with van der Waals surface area (Å²) in [6.45, 7) is 5.38. The number of hydrogen-bond acceptors (Lipinski definition) is 5. The summed E-state index contributed by atoms with van der Waals surface area (Å²) < 4.78 is 0. The zero-order valence-corrected chi connectivity index (χ0v) is 12.7. The number of carbonyl (C=O) groups excluding carboxylic acids is 1. The van der Waals surface area contributed by atoms with E-state index in [-0.39, 0.29) is 18.2 Å². The van der Waals surface area contributed by atoms with E-state index >= 15 is 0 Å². The zero-order chi connectivity index (χ0) is 16.4. The summed E-state index contributed by atoms with van der Waals surface area (Å²) in [6, 6.07) is -0.903. The molecule has 122 valence electrons. The minimum atomic E-state index is -1.05. The Kier molecular flexibility index (Phi) is 9.07. The molecule has 1 amide bonds. The van der Waals surface area contributed by atoms with Gasteiger partial charge in [-0.25, -0.2) is 4.79 Å². The summed E-state index contributed by atoms with van der Waals surface area (Å²) >= 11 is 0. The van der Waals surface area contributed by atoms with E-state index < -0.39 is 23.2 Å². The summed E-state index contributed by atoms with van der Waals surface area (Å²) in [5.74, 6) is -1.58. The highest BCUT2D eigenvalue weighted by Crippen LogP contribution is 2.11. The highest BCUT2D eigenvalue weighted by atomic mass is 17.0. The predicted molar refractivity (Wildman–Crippen MR) is 75.0 cm³/mol. The van der Waals surface area contributed by atoms with Gasteiger partial charge in [-0.1, -0.05) is 27.2 Å². The van der Waals surface area contributed by atoms with Gasteiger partial charge in [0.2, 0.25) is 5.91 Å². The third-order valence-corrected chi connectivity index (χ3v) is 3.42. The molecule has 0 saturated carbocycles. The Hall–Kier alpha value is -1.86. The van der Waals surface area contributed by atoms with Gasteiger partial charge in [0, 0.05) is 6.42 Å². The van der Waals surface area contributed by atoms with Crippen LogP contribution in [0.25, 0.3) is 0 Å². The second kappa shape index (κ2) is 9.95. The largest absolute Gasteiger partial charge is 0.480 e. The molecule has 0 radical (unpaired) electrons. The Morgan fingerprint density at radius 2 is 1.95 bits per heavy atom. The molecule has 0 heterocycles. The third-order valence-electron chi connectivity index (χ3n) is 3.42. The van der Waals surface area contributed by atoms with E-state index in [9.17, 15) is 19.7 Å². The van der Waals surface area contributed by atoms with Crippen molar-refractivity contribution in [1.29, 1.82) is 0 Å². The van der Waals surface area contributed by atoms with Crippen molar-refractivity contribution in [1.82, 2.24) is 5.32 Å². The Balaban J connectivity index is 4.19. The number of carbonyl (C=O) groups is 2. The van der Waals surface area contributed by atoms with Gasteiger partial charge < -0.3 is 15.3 Å². The number of rotatable bonds is 11. The molecule has 0 saturated heterocycles. The number of amides is 1. The number of carboxylic acids is 1. The Labute approximate surface area is 124 Å². The topological polar surface area (TPSA) is 119 Å². The first-order valence-electron chi connectivity index (χ1n) is 7.15. The molecule has 0 fully saturated rings. The average Bonchev–Trinajstić information content (AvgIpc) is 2.42. The maximum Gasteiger partial charge on any atom is 0.326 e. The third kappa shape index (κ3) is 8.11. The van der Waals surface area contributed by atoms with Gasteiger partial charge in [0.05, 0.1) is 0 Å². The molecule has 0 aromatic heterocycles. The van der Waals surface area contributed by atoms with E-state index in [0.717, 1.165) is 0 Å². The van der Waals surface area contributed by atoms with Gasteiger partial charge in [0.1, 0.15) is 12.1 Å². The van der Waals surface area contributed by atoms with Crippen LogP contribution >= 0.6 is 0 Å². The van der Waals surface area contributed by atoms with E-state index in [1.54, 1.807) is 13.8 Å². The Morgan fingerprint density at radius 1 is 1.33 bits per heavy atom. The highest BCUT2D eigenvalue weighted by molar-refractivity contribution is 5.83. The lowest BCUT2D eigenvalue weighted by molar-refractivity contribution is -0.768. The predicted octanol–water partition coefficient (Wildman–Crippen LogP) is 1.76. The summed E-state index contributed by atoms with van der Waals surface area (Å²) in [6.07, 6.45) is 1.51. The molecule has 0 aliphatic heterocycles. The first-order valence-corrected chi connectivity index (χ1v) is 7.15. The van der Waals surface area contributed by atoms with Crippen molar-refractivity contribution in [3.05, 3.63) is 10.1 Å². The van der Waals surface area contributed by atoms with Gasteiger partial charge in [-0.05, 0) is 25.2 Å². The molecule has 0 spiro atoms. The normalized spacial score (nSPS) is 14.8. The second-order valence-electron chi connectivity index (χ2n) is 5.02. The monoisotopic (exact) mass is 304 g/mol. The van der Waals surface area contributed by atoms with Gasteiger partial charge in [0.25, 0.3) is 5.09 Å². The van der Waals surface area contributed by atoms with Gasteiger partial charge in [-0.2, -0.15) is 0 Å². The minimum Gasteiger partial charge on any atom is -0.480 e. The van der Waals surface area contributed by atoms with Gasteiger partial charge in [-0.15, -0.1) is 10.1 Å². The van der Waals surface area contributed by atoms with Crippen LogP contribution in [-0.2, 0) is 14.4 Å². The molecule has 0 aromatic carbocycles. The molecular weight excluding hydrogens is 280 g/mol. The minimum absolute atomic E-state index is 0.123.